The molecular weight excluding hydrogens is 310 g/mol. The molecule has 1 heterocycles. The molecule has 0 aliphatic carbocycles. The SMILES string of the molecule is COc1cc(OC)c(C(=O)CN2CCCC2)cc1Br. The summed E-state index contributed by atoms with van der Waals surface area (Å²) in [6.07, 6.45) is 2.35. The predicted octanol–water partition coefficient (Wildman–Crippen LogP) is 2.74. The first kappa shape index (κ1) is 14.3. The second-order valence-corrected chi connectivity index (χ2v) is 5.45. The van der Waals surface area contributed by atoms with E-state index in [1.807, 2.05) is 0 Å². The zero-order valence-corrected chi connectivity index (χ0v) is 12.8. The highest BCUT2D eigenvalue weighted by molar-refractivity contribution is 9.10. The van der Waals surface area contributed by atoms with Gasteiger partial charge in [-0.2, -0.15) is 0 Å². The smallest absolute Gasteiger partial charge is 0.180 e. The number of hydrogen-bond donors (Lipinski definition) is 0. The first-order chi connectivity index (χ1) is 9.15. The summed E-state index contributed by atoms with van der Waals surface area (Å²) in [5.74, 6) is 1.31. The quantitative estimate of drug-likeness (QED) is 0.779. The summed E-state index contributed by atoms with van der Waals surface area (Å²) in [4.78, 5) is 14.5. The monoisotopic (exact) mass is 327 g/mol. The van der Waals surface area contributed by atoms with Crippen molar-refractivity contribution in [3.05, 3.63) is 22.2 Å². The van der Waals surface area contributed by atoms with Crippen LogP contribution in [0.5, 0.6) is 11.5 Å². The van der Waals surface area contributed by atoms with Crippen molar-refractivity contribution >= 4 is 21.7 Å². The van der Waals surface area contributed by atoms with Crippen LogP contribution in [0.1, 0.15) is 23.2 Å². The molecule has 0 bridgehead atoms. The first-order valence-corrected chi connectivity index (χ1v) is 7.12. The summed E-state index contributed by atoms with van der Waals surface area (Å²) < 4.78 is 11.3. The lowest BCUT2D eigenvalue weighted by Gasteiger charge is -2.16. The molecule has 0 spiro atoms. The average Bonchev–Trinajstić information content (AvgIpc) is 2.91. The molecule has 19 heavy (non-hydrogen) atoms. The Morgan fingerprint density at radius 3 is 2.42 bits per heavy atom. The molecule has 0 atom stereocenters. The minimum absolute atomic E-state index is 0.0853. The van der Waals surface area contributed by atoms with E-state index in [1.54, 1.807) is 26.4 Å². The van der Waals surface area contributed by atoms with Crippen molar-refractivity contribution in [1.29, 1.82) is 0 Å². The summed E-state index contributed by atoms with van der Waals surface area (Å²) >= 11 is 3.41. The van der Waals surface area contributed by atoms with Gasteiger partial charge < -0.3 is 9.47 Å². The van der Waals surface area contributed by atoms with Crippen molar-refractivity contribution in [2.75, 3.05) is 33.9 Å². The van der Waals surface area contributed by atoms with Gasteiger partial charge in [-0.3, -0.25) is 9.69 Å². The number of likely N-dealkylation sites (tertiary alicyclic amines) is 1. The van der Waals surface area contributed by atoms with Crippen molar-refractivity contribution in [3.63, 3.8) is 0 Å². The van der Waals surface area contributed by atoms with E-state index in [-0.39, 0.29) is 5.78 Å². The van der Waals surface area contributed by atoms with E-state index in [2.05, 4.69) is 20.8 Å². The van der Waals surface area contributed by atoms with Crippen LogP contribution in [0.4, 0.5) is 0 Å². The third-order valence-electron chi connectivity index (χ3n) is 3.34. The molecule has 0 aromatic heterocycles. The van der Waals surface area contributed by atoms with Crippen molar-refractivity contribution in [1.82, 2.24) is 4.90 Å². The van der Waals surface area contributed by atoms with Gasteiger partial charge in [0.25, 0.3) is 0 Å². The molecule has 0 amide bonds. The van der Waals surface area contributed by atoms with Crippen LogP contribution in [0, 0.1) is 0 Å². The van der Waals surface area contributed by atoms with Gasteiger partial charge in [0.15, 0.2) is 5.78 Å². The standard InChI is InChI=1S/C14H18BrNO3/c1-18-13-8-14(19-2)11(15)7-10(13)12(17)9-16-5-3-4-6-16/h7-8H,3-6,9H2,1-2H3. The molecule has 5 heteroatoms. The fourth-order valence-corrected chi connectivity index (χ4v) is 2.81. The fourth-order valence-electron chi connectivity index (χ4n) is 2.31. The van der Waals surface area contributed by atoms with E-state index in [9.17, 15) is 4.79 Å². The van der Waals surface area contributed by atoms with Crippen LogP contribution < -0.4 is 9.47 Å². The number of rotatable bonds is 5. The maximum Gasteiger partial charge on any atom is 0.180 e. The number of nitrogens with zero attached hydrogens (tertiary/aromatic N) is 1. The fraction of sp³-hybridized carbons (Fsp3) is 0.500. The molecule has 104 valence electrons. The normalized spacial score (nSPS) is 15.5. The zero-order valence-electron chi connectivity index (χ0n) is 11.2. The molecule has 0 radical (unpaired) electrons. The molecule has 0 saturated carbocycles. The van der Waals surface area contributed by atoms with Gasteiger partial charge in [-0.25, -0.2) is 0 Å². The van der Waals surface area contributed by atoms with Crippen LogP contribution in [-0.4, -0.2) is 44.5 Å². The van der Waals surface area contributed by atoms with Crippen LogP contribution in [0.2, 0.25) is 0 Å². The van der Waals surface area contributed by atoms with Crippen LogP contribution in [-0.2, 0) is 0 Å². The third kappa shape index (κ3) is 3.28. The van der Waals surface area contributed by atoms with E-state index >= 15 is 0 Å². The highest BCUT2D eigenvalue weighted by Crippen LogP contribution is 2.33. The van der Waals surface area contributed by atoms with E-state index < -0.39 is 0 Å². The van der Waals surface area contributed by atoms with E-state index in [0.717, 1.165) is 17.6 Å². The van der Waals surface area contributed by atoms with Gasteiger partial charge in [0.2, 0.25) is 0 Å². The second kappa shape index (κ2) is 6.39. The van der Waals surface area contributed by atoms with Gasteiger partial charge in [0.05, 0.1) is 30.8 Å². The van der Waals surface area contributed by atoms with Crippen molar-refractivity contribution in [3.8, 4) is 11.5 Å². The van der Waals surface area contributed by atoms with E-state index in [0.29, 0.717) is 23.6 Å². The number of ether oxygens (including phenoxy) is 2. The van der Waals surface area contributed by atoms with Gasteiger partial charge >= 0.3 is 0 Å². The minimum atomic E-state index is 0.0853. The minimum Gasteiger partial charge on any atom is -0.496 e. The molecule has 1 aromatic carbocycles. The second-order valence-electron chi connectivity index (χ2n) is 4.59. The van der Waals surface area contributed by atoms with Crippen molar-refractivity contribution < 1.29 is 14.3 Å². The first-order valence-electron chi connectivity index (χ1n) is 6.32. The van der Waals surface area contributed by atoms with Gasteiger partial charge in [-0.05, 0) is 47.9 Å². The Bertz CT molecular complexity index is 470. The maximum atomic E-state index is 12.3. The summed E-state index contributed by atoms with van der Waals surface area (Å²) in [6, 6.07) is 3.51. The van der Waals surface area contributed by atoms with Crippen LogP contribution in [0.25, 0.3) is 0 Å². The molecule has 1 aliphatic heterocycles. The lowest BCUT2D eigenvalue weighted by Crippen LogP contribution is -2.27. The summed E-state index contributed by atoms with van der Waals surface area (Å²) in [7, 11) is 3.15. The Hall–Kier alpha value is -1.07. The molecular formula is C14H18BrNO3. The maximum absolute atomic E-state index is 12.3. The number of Topliss-reactive ketones (excluding diaryl/α,β-unsaturated/α-hetero) is 1. The number of carbonyl (C=O) groups excluding carboxylic acids is 1. The zero-order chi connectivity index (χ0) is 13.8. The molecule has 2 rings (SSSR count). The van der Waals surface area contributed by atoms with E-state index in [1.165, 1.54) is 12.8 Å². The molecule has 1 saturated heterocycles. The highest BCUT2D eigenvalue weighted by atomic mass is 79.9. The highest BCUT2D eigenvalue weighted by Gasteiger charge is 2.20. The molecule has 1 fully saturated rings. The van der Waals surface area contributed by atoms with Gasteiger partial charge in [-0.1, -0.05) is 0 Å². The van der Waals surface area contributed by atoms with E-state index in [4.69, 9.17) is 9.47 Å². The predicted molar refractivity (Wildman–Crippen MR) is 77.3 cm³/mol. The molecule has 1 aliphatic rings. The van der Waals surface area contributed by atoms with Crippen LogP contribution >= 0.6 is 15.9 Å². The van der Waals surface area contributed by atoms with Crippen molar-refractivity contribution in [2.45, 2.75) is 12.8 Å². The number of ketones is 1. The molecule has 0 unspecified atom stereocenters. The summed E-state index contributed by atoms with van der Waals surface area (Å²) in [6.45, 7) is 2.46. The molecule has 4 nitrogen and oxygen atoms in total. The Morgan fingerprint density at radius 1 is 1.21 bits per heavy atom. The largest absolute Gasteiger partial charge is 0.496 e. The number of benzene rings is 1. The van der Waals surface area contributed by atoms with Gasteiger partial charge in [-0.15, -0.1) is 0 Å². The Kier molecular flexibility index (Phi) is 4.82. The Labute approximate surface area is 121 Å². The number of carbonyl (C=O) groups is 1. The summed E-state index contributed by atoms with van der Waals surface area (Å²) in [5.41, 5.74) is 0.599. The average molecular weight is 328 g/mol. The molecule has 0 N–H and O–H groups in total. The number of hydrogen-bond acceptors (Lipinski definition) is 4. The lowest BCUT2D eigenvalue weighted by molar-refractivity contribution is 0.0942. The van der Waals surface area contributed by atoms with Crippen molar-refractivity contribution in [2.24, 2.45) is 0 Å². The van der Waals surface area contributed by atoms with Gasteiger partial charge in [0.1, 0.15) is 11.5 Å². The third-order valence-corrected chi connectivity index (χ3v) is 3.96. The topological polar surface area (TPSA) is 38.8 Å². The summed E-state index contributed by atoms with van der Waals surface area (Å²) in [5, 5.41) is 0. The van der Waals surface area contributed by atoms with Crippen LogP contribution in [0.3, 0.4) is 0 Å². The number of halogens is 1. The Balaban J connectivity index is 2.22. The Morgan fingerprint density at radius 2 is 1.84 bits per heavy atom. The van der Waals surface area contributed by atoms with Crippen LogP contribution in [0.15, 0.2) is 16.6 Å². The number of methoxy groups -OCH3 is 2. The van der Waals surface area contributed by atoms with Gasteiger partial charge in [0, 0.05) is 6.07 Å². The lowest BCUT2D eigenvalue weighted by atomic mass is 10.1. The molecule has 1 aromatic rings.